The van der Waals surface area contributed by atoms with Crippen molar-refractivity contribution in [2.24, 2.45) is 11.7 Å². The lowest BCUT2D eigenvalue weighted by molar-refractivity contribution is -0.121. The quantitative estimate of drug-likeness (QED) is 0.597. The van der Waals surface area contributed by atoms with Gasteiger partial charge in [-0.3, -0.25) is 4.79 Å². The molecule has 2 atom stereocenters. The fraction of sp³-hybridized carbons (Fsp3) is 0.923. The van der Waals surface area contributed by atoms with Crippen LogP contribution in [0.5, 0.6) is 0 Å². The van der Waals surface area contributed by atoms with Crippen LogP contribution in [0.2, 0.25) is 0 Å². The Kier molecular flexibility index (Phi) is 8.68. The third-order valence-electron chi connectivity index (χ3n) is 3.16. The highest BCUT2D eigenvalue weighted by Crippen LogP contribution is 2.11. The van der Waals surface area contributed by atoms with Crippen molar-refractivity contribution in [3.8, 4) is 0 Å². The summed E-state index contributed by atoms with van der Waals surface area (Å²) in [6.07, 6.45) is 7.64. The number of hydrogen-bond acceptors (Lipinski definition) is 2. The minimum absolute atomic E-state index is 0.235. The van der Waals surface area contributed by atoms with Gasteiger partial charge in [0.2, 0.25) is 0 Å². The molecule has 90 valence electrons. The zero-order chi connectivity index (χ0) is 11.7. The lowest BCUT2D eigenvalue weighted by Gasteiger charge is -2.16. The summed E-state index contributed by atoms with van der Waals surface area (Å²) in [5.41, 5.74) is 5.86. The van der Waals surface area contributed by atoms with Crippen molar-refractivity contribution in [2.45, 2.75) is 71.8 Å². The maximum atomic E-state index is 11.7. The highest BCUT2D eigenvalue weighted by Gasteiger charge is 2.18. The van der Waals surface area contributed by atoms with Crippen LogP contribution in [0.15, 0.2) is 0 Å². The van der Waals surface area contributed by atoms with Crippen molar-refractivity contribution in [3.63, 3.8) is 0 Å². The molecule has 0 aromatic rings. The minimum Gasteiger partial charge on any atom is -0.321 e. The van der Waals surface area contributed by atoms with Gasteiger partial charge in [0, 0.05) is 6.42 Å². The van der Waals surface area contributed by atoms with Crippen molar-refractivity contribution in [2.75, 3.05) is 0 Å². The first-order valence-corrected chi connectivity index (χ1v) is 6.41. The van der Waals surface area contributed by atoms with E-state index in [1.165, 1.54) is 25.7 Å². The van der Waals surface area contributed by atoms with E-state index < -0.39 is 0 Å². The third kappa shape index (κ3) is 6.67. The molecule has 0 aromatic carbocycles. The molecule has 2 heteroatoms. The van der Waals surface area contributed by atoms with Crippen LogP contribution in [0.3, 0.4) is 0 Å². The van der Waals surface area contributed by atoms with Crippen molar-refractivity contribution in [1.82, 2.24) is 0 Å². The molecule has 0 spiro atoms. The molecule has 0 rings (SSSR count). The number of carbonyl (C=O) groups excluding carboxylic acids is 1. The van der Waals surface area contributed by atoms with Gasteiger partial charge in [0.15, 0.2) is 0 Å². The van der Waals surface area contributed by atoms with Crippen molar-refractivity contribution in [3.05, 3.63) is 0 Å². The molecule has 0 aromatic heterocycles. The van der Waals surface area contributed by atoms with Gasteiger partial charge in [-0.2, -0.15) is 0 Å². The number of nitrogens with two attached hydrogens (primary N) is 1. The van der Waals surface area contributed by atoms with E-state index in [1.807, 2.05) is 0 Å². The van der Waals surface area contributed by atoms with Gasteiger partial charge in [0.1, 0.15) is 5.78 Å². The first-order valence-electron chi connectivity index (χ1n) is 6.41. The molecular formula is C13H27NO. The topological polar surface area (TPSA) is 43.1 Å². The SMILES string of the molecule is CCCCCCCC(=O)C(N)C(C)CC. The van der Waals surface area contributed by atoms with E-state index in [-0.39, 0.29) is 11.8 Å². The van der Waals surface area contributed by atoms with Crippen molar-refractivity contribution >= 4 is 5.78 Å². The van der Waals surface area contributed by atoms with Crippen LogP contribution >= 0.6 is 0 Å². The molecule has 0 heterocycles. The Balaban J connectivity index is 3.56. The lowest BCUT2D eigenvalue weighted by Crippen LogP contribution is -2.36. The van der Waals surface area contributed by atoms with Crippen LogP contribution in [-0.4, -0.2) is 11.8 Å². The van der Waals surface area contributed by atoms with Crippen LogP contribution in [-0.2, 0) is 4.79 Å². The maximum absolute atomic E-state index is 11.7. The maximum Gasteiger partial charge on any atom is 0.149 e. The standard InChI is InChI=1S/C13H27NO/c1-4-6-7-8-9-10-12(15)13(14)11(3)5-2/h11,13H,4-10,14H2,1-3H3. The second-order valence-electron chi connectivity index (χ2n) is 4.54. The van der Waals surface area contributed by atoms with Crippen LogP contribution in [0.25, 0.3) is 0 Å². The number of unbranched alkanes of at least 4 members (excludes halogenated alkanes) is 4. The van der Waals surface area contributed by atoms with Gasteiger partial charge in [0.05, 0.1) is 6.04 Å². The predicted octanol–water partition coefficient (Wildman–Crippen LogP) is 3.29. The zero-order valence-corrected chi connectivity index (χ0v) is 10.6. The summed E-state index contributed by atoms with van der Waals surface area (Å²) in [7, 11) is 0. The normalized spacial score (nSPS) is 14.9. The molecule has 0 aliphatic carbocycles. The van der Waals surface area contributed by atoms with Crippen LogP contribution in [0.1, 0.15) is 65.7 Å². The van der Waals surface area contributed by atoms with Gasteiger partial charge in [-0.1, -0.05) is 52.9 Å². The summed E-state index contributed by atoms with van der Waals surface area (Å²) >= 11 is 0. The van der Waals surface area contributed by atoms with Crippen molar-refractivity contribution < 1.29 is 4.79 Å². The monoisotopic (exact) mass is 213 g/mol. The molecule has 2 N–H and O–H groups in total. The second kappa shape index (κ2) is 8.90. The van der Waals surface area contributed by atoms with E-state index in [9.17, 15) is 4.79 Å². The van der Waals surface area contributed by atoms with E-state index in [1.54, 1.807) is 0 Å². The number of Topliss-reactive ketones (excluding diaryl/α,β-unsaturated/α-hetero) is 1. The second-order valence-corrected chi connectivity index (χ2v) is 4.54. The summed E-state index contributed by atoms with van der Waals surface area (Å²) < 4.78 is 0. The molecule has 0 amide bonds. The van der Waals surface area contributed by atoms with Gasteiger partial charge in [0.25, 0.3) is 0 Å². The summed E-state index contributed by atoms with van der Waals surface area (Å²) in [6.45, 7) is 6.34. The van der Waals surface area contributed by atoms with E-state index in [2.05, 4.69) is 20.8 Å². The Morgan fingerprint density at radius 3 is 2.27 bits per heavy atom. The number of rotatable bonds is 9. The highest BCUT2D eigenvalue weighted by atomic mass is 16.1. The van der Waals surface area contributed by atoms with Crippen LogP contribution in [0.4, 0.5) is 0 Å². The Labute approximate surface area is 94.6 Å². The van der Waals surface area contributed by atoms with Gasteiger partial charge in [-0.05, 0) is 12.3 Å². The lowest BCUT2D eigenvalue weighted by atomic mass is 9.93. The average molecular weight is 213 g/mol. The molecule has 15 heavy (non-hydrogen) atoms. The molecule has 2 unspecified atom stereocenters. The van der Waals surface area contributed by atoms with E-state index >= 15 is 0 Å². The molecule has 2 nitrogen and oxygen atoms in total. The summed E-state index contributed by atoms with van der Waals surface area (Å²) in [6, 6.07) is -0.235. The molecule has 0 saturated carbocycles. The number of hydrogen-bond donors (Lipinski definition) is 1. The predicted molar refractivity (Wildman–Crippen MR) is 65.8 cm³/mol. The van der Waals surface area contributed by atoms with E-state index in [0.29, 0.717) is 12.3 Å². The molecule has 0 aliphatic rings. The van der Waals surface area contributed by atoms with Gasteiger partial charge < -0.3 is 5.73 Å². The van der Waals surface area contributed by atoms with Gasteiger partial charge in [-0.15, -0.1) is 0 Å². The van der Waals surface area contributed by atoms with Gasteiger partial charge >= 0.3 is 0 Å². The number of carbonyl (C=O) groups is 1. The Morgan fingerprint density at radius 1 is 1.13 bits per heavy atom. The zero-order valence-electron chi connectivity index (χ0n) is 10.6. The average Bonchev–Trinajstić information content (AvgIpc) is 2.26. The van der Waals surface area contributed by atoms with E-state index in [4.69, 9.17) is 5.73 Å². The first-order chi connectivity index (χ1) is 7.13. The molecule has 0 fully saturated rings. The summed E-state index contributed by atoms with van der Waals surface area (Å²) in [5, 5.41) is 0. The fourth-order valence-electron chi connectivity index (χ4n) is 1.64. The van der Waals surface area contributed by atoms with Crippen LogP contribution in [0, 0.1) is 5.92 Å². The summed E-state index contributed by atoms with van der Waals surface area (Å²) in [4.78, 5) is 11.7. The molecule has 0 radical (unpaired) electrons. The smallest absolute Gasteiger partial charge is 0.149 e. The fourth-order valence-corrected chi connectivity index (χ4v) is 1.64. The Bertz CT molecular complexity index is 168. The third-order valence-corrected chi connectivity index (χ3v) is 3.16. The minimum atomic E-state index is -0.235. The van der Waals surface area contributed by atoms with Gasteiger partial charge in [-0.25, -0.2) is 0 Å². The Hall–Kier alpha value is -0.370. The summed E-state index contributed by atoms with van der Waals surface area (Å²) in [5.74, 6) is 0.578. The van der Waals surface area contributed by atoms with Crippen molar-refractivity contribution in [1.29, 1.82) is 0 Å². The largest absolute Gasteiger partial charge is 0.321 e. The van der Waals surface area contributed by atoms with Crippen LogP contribution < -0.4 is 5.73 Å². The van der Waals surface area contributed by atoms with E-state index in [0.717, 1.165) is 12.8 Å². The molecule has 0 saturated heterocycles. The number of ketones is 1. The molecule has 0 bridgehead atoms. The molecule has 0 aliphatic heterocycles. The Morgan fingerprint density at radius 2 is 1.73 bits per heavy atom. The molecular weight excluding hydrogens is 186 g/mol. The first kappa shape index (κ1) is 14.6. The highest BCUT2D eigenvalue weighted by molar-refractivity contribution is 5.83.